The molecule has 0 saturated heterocycles. The van der Waals surface area contributed by atoms with Crippen molar-refractivity contribution in [1.29, 1.82) is 0 Å². The highest BCUT2D eigenvalue weighted by molar-refractivity contribution is 6.06. The molecule has 1 aliphatic rings. The average molecular weight is 325 g/mol. The molecule has 1 amide bonds. The number of hydrogen-bond donors (Lipinski definition) is 2. The maximum Gasteiger partial charge on any atom is 0.336 e. The van der Waals surface area contributed by atoms with E-state index in [0.717, 1.165) is 0 Å². The Morgan fingerprint density at radius 3 is 2.62 bits per heavy atom. The third-order valence-electron chi connectivity index (χ3n) is 4.03. The lowest BCUT2D eigenvalue weighted by atomic mass is 10.1. The highest BCUT2D eigenvalue weighted by Crippen LogP contribution is 2.30. The Bertz CT molecular complexity index is 781. The van der Waals surface area contributed by atoms with Gasteiger partial charge in [-0.05, 0) is 55.5 Å². The molecular formula is C19H19NO4. The van der Waals surface area contributed by atoms with Crippen molar-refractivity contribution < 1.29 is 19.4 Å². The van der Waals surface area contributed by atoms with Gasteiger partial charge in [-0.15, -0.1) is 0 Å². The Morgan fingerprint density at radius 2 is 1.92 bits per heavy atom. The number of benzene rings is 2. The predicted octanol–water partition coefficient (Wildman–Crippen LogP) is 3.73. The molecule has 24 heavy (non-hydrogen) atoms. The summed E-state index contributed by atoms with van der Waals surface area (Å²) in [7, 11) is 0. The van der Waals surface area contributed by atoms with E-state index in [2.05, 4.69) is 5.32 Å². The van der Waals surface area contributed by atoms with E-state index in [-0.39, 0.29) is 11.5 Å². The summed E-state index contributed by atoms with van der Waals surface area (Å²) in [5, 5.41) is 11.9. The Morgan fingerprint density at radius 1 is 1.17 bits per heavy atom. The number of rotatable bonds is 6. The molecule has 0 aliphatic heterocycles. The van der Waals surface area contributed by atoms with Gasteiger partial charge in [0.2, 0.25) is 0 Å². The third kappa shape index (κ3) is 3.74. The second-order valence-electron chi connectivity index (χ2n) is 6.04. The van der Waals surface area contributed by atoms with Crippen molar-refractivity contribution in [3.63, 3.8) is 0 Å². The number of aromatic carboxylic acids is 1. The first-order valence-electron chi connectivity index (χ1n) is 7.91. The highest BCUT2D eigenvalue weighted by Gasteiger charge is 2.23. The fourth-order valence-corrected chi connectivity index (χ4v) is 2.40. The summed E-state index contributed by atoms with van der Waals surface area (Å²) < 4.78 is 5.75. The van der Waals surface area contributed by atoms with E-state index in [1.165, 1.54) is 18.9 Å². The second kappa shape index (κ2) is 6.74. The number of aryl methyl sites for hydroxylation is 1. The molecule has 1 saturated carbocycles. The van der Waals surface area contributed by atoms with Gasteiger partial charge in [-0.1, -0.05) is 18.2 Å². The quantitative estimate of drug-likeness (QED) is 0.848. The Labute approximate surface area is 140 Å². The summed E-state index contributed by atoms with van der Waals surface area (Å²) in [5.41, 5.74) is 1.70. The summed E-state index contributed by atoms with van der Waals surface area (Å²) >= 11 is 0. The minimum atomic E-state index is -1.02. The van der Waals surface area contributed by atoms with Crippen molar-refractivity contribution in [1.82, 2.24) is 0 Å². The third-order valence-corrected chi connectivity index (χ3v) is 4.03. The average Bonchev–Trinajstić information content (AvgIpc) is 3.39. The van der Waals surface area contributed by atoms with Crippen molar-refractivity contribution in [3.8, 4) is 5.75 Å². The zero-order valence-corrected chi connectivity index (χ0v) is 13.4. The van der Waals surface area contributed by atoms with E-state index in [4.69, 9.17) is 4.74 Å². The molecule has 2 aromatic carbocycles. The van der Waals surface area contributed by atoms with Crippen molar-refractivity contribution >= 4 is 17.6 Å². The molecule has 5 heteroatoms. The Balaban J connectivity index is 1.77. The van der Waals surface area contributed by atoms with E-state index in [0.29, 0.717) is 35.1 Å². The number of anilines is 1. The molecule has 0 spiro atoms. The van der Waals surface area contributed by atoms with Gasteiger partial charge in [0.05, 0.1) is 17.7 Å². The first-order valence-corrected chi connectivity index (χ1v) is 7.91. The minimum Gasteiger partial charge on any atom is -0.492 e. The zero-order chi connectivity index (χ0) is 17.1. The number of amides is 1. The van der Waals surface area contributed by atoms with Crippen LogP contribution in [0.2, 0.25) is 0 Å². The molecule has 0 radical (unpaired) electrons. The molecule has 1 aliphatic carbocycles. The maximum absolute atomic E-state index is 12.5. The SMILES string of the molecule is Cc1ccc(NC(=O)c2ccccc2OCC2CC2)cc1C(=O)O. The topological polar surface area (TPSA) is 75.6 Å². The van der Waals surface area contributed by atoms with Crippen LogP contribution in [-0.4, -0.2) is 23.6 Å². The lowest BCUT2D eigenvalue weighted by Gasteiger charge is -2.12. The van der Waals surface area contributed by atoms with Crippen molar-refractivity contribution in [2.75, 3.05) is 11.9 Å². The number of nitrogens with one attached hydrogen (secondary N) is 1. The van der Waals surface area contributed by atoms with Gasteiger partial charge in [0.15, 0.2) is 0 Å². The van der Waals surface area contributed by atoms with E-state index >= 15 is 0 Å². The lowest BCUT2D eigenvalue weighted by Crippen LogP contribution is -2.15. The van der Waals surface area contributed by atoms with Gasteiger partial charge >= 0.3 is 5.97 Å². The van der Waals surface area contributed by atoms with Crippen molar-refractivity contribution in [2.45, 2.75) is 19.8 Å². The first kappa shape index (κ1) is 16.1. The summed E-state index contributed by atoms with van der Waals surface area (Å²) in [6.45, 7) is 2.34. The maximum atomic E-state index is 12.5. The molecule has 1 fully saturated rings. The highest BCUT2D eigenvalue weighted by atomic mass is 16.5. The van der Waals surface area contributed by atoms with Crippen LogP contribution in [0.25, 0.3) is 0 Å². The van der Waals surface area contributed by atoms with Crippen LogP contribution >= 0.6 is 0 Å². The number of carboxylic acids is 1. The lowest BCUT2D eigenvalue weighted by molar-refractivity contribution is 0.0695. The number of para-hydroxylation sites is 1. The molecule has 0 unspecified atom stereocenters. The Hall–Kier alpha value is -2.82. The van der Waals surface area contributed by atoms with E-state index in [9.17, 15) is 14.7 Å². The molecule has 2 aromatic rings. The van der Waals surface area contributed by atoms with Gasteiger partial charge < -0.3 is 15.2 Å². The van der Waals surface area contributed by atoms with E-state index in [1.807, 2.05) is 6.07 Å². The van der Waals surface area contributed by atoms with Gasteiger partial charge in [0.25, 0.3) is 5.91 Å². The molecule has 0 aromatic heterocycles. The van der Waals surface area contributed by atoms with Crippen LogP contribution in [-0.2, 0) is 0 Å². The van der Waals surface area contributed by atoms with Crippen LogP contribution in [0, 0.1) is 12.8 Å². The largest absolute Gasteiger partial charge is 0.492 e. The van der Waals surface area contributed by atoms with E-state index < -0.39 is 5.97 Å². The number of carboxylic acid groups (broad SMARTS) is 1. The second-order valence-corrected chi connectivity index (χ2v) is 6.04. The first-order chi connectivity index (χ1) is 11.5. The number of carbonyl (C=O) groups excluding carboxylic acids is 1. The van der Waals surface area contributed by atoms with Crippen molar-refractivity contribution in [2.24, 2.45) is 5.92 Å². The number of carbonyl (C=O) groups is 2. The normalized spacial score (nSPS) is 13.4. The smallest absolute Gasteiger partial charge is 0.336 e. The fourth-order valence-electron chi connectivity index (χ4n) is 2.40. The van der Waals surface area contributed by atoms with Crippen LogP contribution in [0.1, 0.15) is 39.1 Å². The fraction of sp³-hybridized carbons (Fsp3) is 0.263. The summed E-state index contributed by atoms with van der Waals surface area (Å²) in [6.07, 6.45) is 2.35. The van der Waals surface area contributed by atoms with Crippen LogP contribution in [0.4, 0.5) is 5.69 Å². The van der Waals surface area contributed by atoms with E-state index in [1.54, 1.807) is 37.3 Å². The molecule has 2 N–H and O–H groups in total. The van der Waals surface area contributed by atoms with Crippen LogP contribution in [0.5, 0.6) is 5.75 Å². The zero-order valence-electron chi connectivity index (χ0n) is 13.4. The molecule has 3 rings (SSSR count). The molecular weight excluding hydrogens is 306 g/mol. The Kier molecular flexibility index (Phi) is 4.51. The minimum absolute atomic E-state index is 0.172. The van der Waals surface area contributed by atoms with Gasteiger partial charge in [0, 0.05) is 5.69 Å². The number of hydrogen-bond acceptors (Lipinski definition) is 3. The summed E-state index contributed by atoms with van der Waals surface area (Å²) in [4.78, 5) is 23.7. The summed E-state index contributed by atoms with van der Waals surface area (Å²) in [5.74, 6) is -0.192. The summed E-state index contributed by atoms with van der Waals surface area (Å²) in [6, 6.07) is 11.9. The van der Waals surface area contributed by atoms with Crippen molar-refractivity contribution in [3.05, 3.63) is 59.2 Å². The molecule has 0 bridgehead atoms. The predicted molar refractivity (Wildman–Crippen MR) is 90.8 cm³/mol. The molecule has 0 atom stereocenters. The molecule has 0 heterocycles. The van der Waals surface area contributed by atoms with Gasteiger partial charge in [-0.2, -0.15) is 0 Å². The van der Waals surface area contributed by atoms with Gasteiger partial charge in [0.1, 0.15) is 5.75 Å². The van der Waals surface area contributed by atoms with Crippen LogP contribution in [0.3, 0.4) is 0 Å². The standard InChI is InChI=1S/C19H19NO4/c1-12-6-9-14(10-16(12)19(22)23)20-18(21)15-4-2-3-5-17(15)24-11-13-7-8-13/h2-6,9-10,13H,7-8,11H2,1H3,(H,20,21)(H,22,23). The molecule has 5 nitrogen and oxygen atoms in total. The van der Waals surface area contributed by atoms with Gasteiger partial charge in [-0.3, -0.25) is 4.79 Å². The van der Waals surface area contributed by atoms with Gasteiger partial charge in [-0.25, -0.2) is 4.79 Å². The monoisotopic (exact) mass is 325 g/mol. The van der Waals surface area contributed by atoms with Crippen LogP contribution in [0.15, 0.2) is 42.5 Å². The molecule has 124 valence electrons. The van der Waals surface area contributed by atoms with Crippen LogP contribution < -0.4 is 10.1 Å². The number of ether oxygens (including phenoxy) is 1.